The van der Waals surface area contributed by atoms with Crippen molar-refractivity contribution in [2.24, 2.45) is 0 Å². The van der Waals surface area contributed by atoms with E-state index in [1.807, 2.05) is 30.3 Å². The van der Waals surface area contributed by atoms with Crippen molar-refractivity contribution in [3.05, 3.63) is 60.9 Å². The molecule has 0 unspecified atom stereocenters. The first kappa shape index (κ1) is 21.5. The Morgan fingerprint density at radius 2 is 1.78 bits per heavy atom. The first-order valence-corrected chi connectivity index (χ1v) is 10.7. The van der Waals surface area contributed by atoms with Gasteiger partial charge in [0.1, 0.15) is 10.8 Å². The van der Waals surface area contributed by atoms with Crippen LogP contribution in [0.3, 0.4) is 0 Å². The van der Waals surface area contributed by atoms with Gasteiger partial charge in [-0.05, 0) is 42.5 Å². The lowest BCUT2D eigenvalue weighted by molar-refractivity contribution is -0.113. The number of rotatable bonds is 8. The van der Waals surface area contributed by atoms with Crippen LogP contribution in [-0.4, -0.2) is 47.6 Å². The Morgan fingerprint density at radius 3 is 2.50 bits per heavy atom. The molecule has 2 aromatic carbocycles. The van der Waals surface area contributed by atoms with E-state index in [9.17, 15) is 4.79 Å². The Labute approximate surface area is 189 Å². The van der Waals surface area contributed by atoms with E-state index in [0.717, 1.165) is 27.5 Å². The smallest absolute Gasteiger partial charge is 0.234 e. The molecular weight excluding hydrogens is 428 g/mol. The van der Waals surface area contributed by atoms with E-state index in [1.54, 1.807) is 56.4 Å². The van der Waals surface area contributed by atoms with Crippen molar-refractivity contribution in [3.8, 4) is 28.5 Å². The maximum absolute atomic E-state index is 12.5. The van der Waals surface area contributed by atoms with E-state index in [0.29, 0.717) is 17.2 Å². The van der Waals surface area contributed by atoms with Gasteiger partial charge < -0.3 is 19.5 Å². The zero-order chi connectivity index (χ0) is 22.5. The number of fused-ring (bicyclic) bond motifs is 1. The Kier molecular flexibility index (Phi) is 6.46. The summed E-state index contributed by atoms with van der Waals surface area (Å²) in [5, 5.41) is 8.22. The molecule has 2 aromatic heterocycles. The van der Waals surface area contributed by atoms with Crippen molar-refractivity contribution in [3.63, 3.8) is 0 Å². The highest BCUT2D eigenvalue weighted by atomic mass is 32.2. The molecular formula is C23H22N4O4S. The third-order valence-corrected chi connectivity index (χ3v) is 5.74. The second-order valence-corrected chi connectivity index (χ2v) is 7.69. The predicted molar refractivity (Wildman–Crippen MR) is 124 cm³/mol. The largest absolute Gasteiger partial charge is 0.497 e. The molecule has 1 amide bonds. The average Bonchev–Trinajstić information content (AvgIpc) is 3.27. The Balaban J connectivity index is 1.47. The molecule has 0 aliphatic heterocycles. The summed E-state index contributed by atoms with van der Waals surface area (Å²) in [6, 6.07) is 14.9. The molecule has 164 valence electrons. The van der Waals surface area contributed by atoms with Crippen LogP contribution in [0.15, 0.2) is 66.0 Å². The van der Waals surface area contributed by atoms with Crippen LogP contribution in [0.25, 0.3) is 16.8 Å². The third-order valence-electron chi connectivity index (χ3n) is 4.75. The van der Waals surface area contributed by atoms with Gasteiger partial charge in [-0.3, -0.25) is 4.79 Å². The molecule has 9 heteroatoms. The SMILES string of the molecule is COc1ccc(-c2cc3c(SCC(=O)Nc4ccc(OC)c(OC)c4)nccn3n2)cc1. The first-order valence-electron chi connectivity index (χ1n) is 9.74. The lowest BCUT2D eigenvalue weighted by atomic mass is 10.1. The second-order valence-electron chi connectivity index (χ2n) is 6.73. The summed E-state index contributed by atoms with van der Waals surface area (Å²) in [5.74, 6) is 1.99. The molecule has 4 aromatic rings. The van der Waals surface area contributed by atoms with Crippen LogP contribution in [-0.2, 0) is 4.79 Å². The van der Waals surface area contributed by atoms with Crippen molar-refractivity contribution in [1.82, 2.24) is 14.6 Å². The van der Waals surface area contributed by atoms with Crippen LogP contribution in [0.2, 0.25) is 0 Å². The van der Waals surface area contributed by atoms with E-state index < -0.39 is 0 Å². The summed E-state index contributed by atoms with van der Waals surface area (Å²) in [6.45, 7) is 0. The van der Waals surface area contributed by atoms with Crippen LogP contribution in [0.4, 0.5) is 5.69 Å². The zero-order valence-electron chi connectivity index (χ0n) is 17.9. The van der Waals surface area contributed by atoms with Gasteiger partial charge >= 0.3 is 0 Å². The average molecular weight is 451 g/mol. The van der Waals surface area contributed by atoms with Crippen LogP contribution < -0.4 is 19.5 Å². The quantitative estimate of drug-likeness (QED) is 0.404. The highest BCUT2D eigenvalue weighted by molar-refractivity contribution is 8.00. The fraction of sp³-hybridized carbons (Fsp3) is 0.174. The highest BCUT2D eigenvalue weighted by Gasteiger charge is 2.13. The molecule has 0 fully saturated rings. The second kappa shape index (κ2) is 9.61. The minimum absolute atomic E-state index is 0.152. The van der Waals surface area contributed by atoms with Gasteiger partial charge in [-0.15, -0.1) is 0 Å². The number of nitrogens with one attached hydrogen (secondary N) is 1. The van der Waals surface area contributed by atoms with Crippen molar-refractivity contribution >= 4 is 28.9 Å². The van der Waals surface area contributed by atoms with Crippen molar-refractivity contribution in [1.29, 1.82) is 0 Å². The van der Waals surface area contributed by atoms with Gasteiger partial charge in [0, 0.05) is 29.7 Å². The van der Waals surface area contributed by atoms with Crippen molar-refractivity contribution < 1.29 is 19.0 Å². The first-order chi connectivity index (χ1) is 15.6. The summed E-state index contributed by atoms with van der Waals surface area (Å²) in [5.41, 5.74) is 3.25. The predicted octanol–water partition coefficient (Wildman–Crippen LogP) is 4.15. The van der Waals surface area contributed by atoms with Crippen LogP contribution >= 0.6 is 11.8 Å². The van der Waals surface area contributed by atoms with E-state index in [4.69, 9.17) is 14.2 Å². The summed E-state index contributed by atoms with van der Waals surface area (Å²) in [4.78, 5) is 16.9. The van der Waals surface area contributed by atoms with Gasteiger partial charge in [0.2, 0.25) is 5.91 Å². The molecule has 0 aliphatic carbocycles. The number of ether oxygens (including phenoxy) is 3. The van der Waals surface area contributed by atoms with E-state index in [2.05, 4.69) is 15.4 Å². The number of carbonyl (C=O) groups excluding carboxylic acids is 1. The van der Waals surface area contributed by atoms with Gasteiger partial charge in [0.15, 0.2) is 11.5 Å². The van der Waals surface area contributed by atoms with Crippen LogP contribution in [0.1, 0.15) is 0 Å². The minimum atomic E-state index is -0.152. The molecule has 0 aliphatic rings. The van der Waals surface area contributed by atoms with Crippen LogP contribution in [0.5, 0.6) is 17.2 Å². The summed E-state index contributed by atoms with van der Waals surface area (Å²) < 4.78 is 17.5. The standard InChI is InChI=1S/C23H22N4O4S/c1-29-17-7-4-15(5-8-17)18-13-19-23(24-10-11-27(19)26-18)32-14-22(28)25-16-6-9-20(30-2)21(12-16)31-3/h4-13H,14H2,1-3H3,(H,25,28). The molecule has 0 spiro atoms. The Bertz CT molecular complexity index is 1240. The topological polar surface area (TPSA) is 87.0 Å². The molecule has 0 saturated carbocycles. The number of anilines is 1. The minimum Gasteiger partial charge on any atom is -0.497 e. The number of methoxy groups -OCH3 is 3. The summed E-state index contributed by atoms with van der Waals surface area (Å²) >= 11 is 1.35. The Hall–Kier alpha value is -3.72. The van der Waals surface area contributed by atoms with Gasteiger partial charge in [-0.25, -0.2) is 9.50 Å². The van der Waals surface area contributed by atoms with E-state index in [-0.39, 0.29) is 11.7 Å². The Morgan fingerprint density at radius 1 is 1.00 bits per heavy atom. The lowest BCUT2D eigenvalue weighted by Crippen LogP contribution is -2.14. The van der Waals surface area contributed by atoms with Crippen molar-refractivity contribution in [2.75, 3.05) is 32.4 Å². The number of thioether (sulfide) groups is 1. The highest BCUT2D eigenvalue weighted by Crippen LogP contribution is 2.30. The number of aromatic nitrogens is 3. The third kappa shape index (κ3) is 4.62. The molecule has 0 atom stereocenters. The fourth-order valence-corrected chi connectivity index (χ4v) is 3.93. The number of nitrogens with zero attached hydrogens (tertiary/aromatic N) is 3. The molecule has 8 nitrogen and oxygen atoms in total. The van der Waals surface area contributed by atoms with Crippen LogP contribution in [0, 0.1) is 0 Å². The van der Waals surface area contributed by atoms with Gasteiger partial charge in [0.25, 0.3) is 0 Å². The maximum Gasteiger partial charge on any atom is 0.234 e. The molecule has 1 N–H and O–H groups in total. The van der Waals surface area contributed by atoms with E-state index >= 15 is 0 Å². The molecule has 2 heterocycles. The summed E-state index contributed by atoms with van der Waals surface area (Å²) in [7, 11) is 4.75. The lowest BCUT2D eigenvalue weighted by Gasteiger charge is -2.10. The number of hydrogen-bond donors (Lipinski definition) is 1. The summed E-state index contributed by atoms with van der Waals surface area (Å²) in [6.07, 6.45) is 3.46. The molecule has 0 bridgehead atoms. The number of amides is 1. The van der Waals surface area contributed by atoms with Gasteiger partial charge in [-0.2, -0.15) is 5.10 Å². The van der Waals surface area contributed by atoms with E-state index in [1.165, 1.54) is 11.8 Å². The fourth-order valence-electron chi connectivity index (χ4n) is 3.16. The normalized spacial score (nSPS) is 10.7. The maximum atomic E-state index is 12.5. The molecule has 32 heavy (non-hydrogen) atoms. The van der Waals surface area contributed by atoms with Crippen molar-refractivity contribution in [2.45, 2.75) is 5.03 Å². The number of benzene rings is 2. The number of hydrogen-bond acceptors (Lipinski definition) is 7. The number of carbonyl (C=O) groups is 1. The zero-order valence-corrected chi connectivity index (χ0v) is 18.7. The molecule has 0 saturated heterocycles. The molecule has 0 radical (unpaired) electrons. The van der Waals surface area contributed by atoms with Gasteiger partial charge in [-0.1, -0.05) is 11.8 Å². The van der Waals surface area contributed by atoms with Gasteiger partial charge in [0.05, 0.1) is 38.3 Å². The monoisotopic (exact) mass is 450 g/mol. The molecule has 4 rings (SSSR count).